The smallest absolute Gasteiger partial charge is 0.256 e. The highest BCUT2D eigenvalue weighted by atomic mass is 16.5. The Hall–Kier alpha value is -2.47. The van der Waals surface area contributed by atoms with Crippen molar-refractivity contribution in [2.45, 2.75) is 26.8 Å². The van der Waals surface area contributed by atoms with Crippen molar-refractivity contribution in [2.75, 3.05) is 19.6 Å². The van der Waals surface area contributed by atoms with Crippen molar-refractivity contribution in [3.8, 4) is 11.6 Å². The van der Waals surface area contributed by atoms with Gasteiger partial charge >= 0.3 is 0 Å². The predicted octanol–water partition coefficient (Wildman–Crippen LogP) is 2.73. The monoisotopic (exact) mass is 328 g/mol. The zero-order valence-corrected chi connectivity index (χ0v) is 14.4. The molecule has 128 valence electrons. The minimum Gasteiger partial charge on any atom is -0.437 e. The van der Waals surface area contributed by atoms with Crippen LogP contribution in [-0.2, 0) is 0 Å². The molecule has 0 aromatic carbocycles. The van der Waals surface area contributed by atoms with E-state index in [2.05, 4.69) is 41.0 Å². The van der Waals surface area contributed by atoms with Crippen LogP contribution in [0, 0.1) is 0 Å². The van der Waals surface area contributed by atoms with Crippen molar-refractivity contribution < 1.29 is 9.53 Å². The standard InChI is InChI=1S/C18H24N4O2/c1-4-22(5-2)14(3)12-21-17(23)16-9-7-11-20-18(16)24-15-8-6-10-19-13-15/h6-11,13-14H,4-5,12H2,1-3H3,(H,21,23)/t14-/m1/s1. The summed E-state index contributed by atoms with van der Waals surface area (Å²) >= 11 is 0. The fourth-order valence-corrected chi connectivity index (χ4v) is 2.48. The number of carbonyl (C=O) groups excluding carboxylic acids is 1. The van der Waals surface area contributed by atoms with Crippen LogP contribution in [0.2, 0.25) is 0 Å². The number of carbonyl (C=O) groups is 1. The number of hydrogen-bond donors (Lipinski definition) is 1. The first-order valence-corrected chi connectivity index (χ1v) is 8.20. The van der Waals surface area contributed by atoms with E-state index in [-0.39, 0.29) is 17.8 Å². The summed E-state index contributed by atoms with van der Waals surface area (Å²) in [5.41, 5.74) is 0.410. The SMILES string of the molecule is CCN(CC)[C@H](C)CNC(=O)c1cccnc1Oc1cccnc1. The quantitative estimate of drug-likeness (QED) is 0.807. The molecule has 0 saturated heterocycles. The molecule has 2 rings (SSSR count). The number of likely N-dealkylation sites (N-methyl/N-ethyl adjacent to an activating group) is 1. The second-order valence-corrected chi connectivity index (χ2v) is 5.43. The second kappa shape index (κ2) is 8.98. The van der Waals surface area contributed by atoms with Crippen LogP contribution < -0.4 is 10.1 Å². The Bertz CT molecular complexity index is 644. The average molecular weight is 328 g/mol. The number of pyridine rings is 2. The van der Waals surface area contributed by atoms with Crippen LogP contribution in [0.15, 0.2) is 42.9 Å². The third-order valence-electron chi connectivity index (χ3n) is 3.86. The molecular formula is C18H24N4O2. The zero-order chi connectivity index (χ0) is 17.4. The van der Waals surface area contributed by atoms with Gasteiger partial charge in [-0.05, 0) is 44.3 Å². The molecule has 1 atom stereocenters. The van der Waals surface area contributed by atoms with E-state index in [1.54, 1.807) is 42.9 Å². The summed E-state index contributed by atoms with van der Waals surface area (Å²) in [7, 11) is 0. The van der Waals surface area contributed by atoms with Gasteiger partial charge in [-0.15, -0.1) is 0 Å². The molecule has 0 unspecified atom stereocenters. The van der Waals surface area contributed by atoms with Crippen LogP contribution in [0.4, 0.5) is 0 Å². The molecule has 0 aliphatic carbocycles. The third-order valence-corrected chi connectivity index (χ3v) is 3.86. The molecule has 0 fully saturated rings. The fraction of sp³-hybridized carbons (Fsp3) is 0.389. The summed E-state index contributed by atoms with van der Waals surface area (Å²) in [5, 5.41) is 2.96. The van der Waals surface area contributed by atoms with E-state index in [0.29, 0.717) is 17.9 Å². The maximum absolute atomic E-state index is 12.5. The van der Waals surface area contributed by atoms with Crippen molar-refractivity contribution in [1.29, 1.82) is 0 Å². The fourth-order valence-electron chi connectivity index (χ4n) is 2.48. The van der Waals surface area contributed by atoms with Gasteiger partial charge < -0.3 is 10.1 Å². The predicted molar refractivity (Wildman–Crippen MR) is 93.3 cm³/mol. The van der Waals surface area contributed by atoms with Gasteiger partial charge in [0.05, 0.1) is 6.20 Å². The van der Waals surface area contributed by atoms with Gasteiger partial charge in [-0.25, -0.2) is 4.98 Å². The average Bonchev–Trinajstić information content (AvgIpc) is 2.62. The maximum Gasteiger partial charge on any atom is 0.256 e. The van der Waals surface area contributed by atoms with Crippen LogP contribution in [0.25, 0.3) is 0 Å². The number of hydrogen-bond acceptors (Lipinski definition) is 5. The molecule has 1 amide bonds. The van der Waals surface area contributed by atoms with E-state index in [0.717, 1.165) is 13.1 Å². The van der Waals surface area contributed by atoms with Gasteiger partial charge in [-0.2, -0.15) is 0 Å². The lowest BCUT2D eigenvalue weighted by atomic mass is 10.2. The lowest BCUT2D eigenvalue weighted by molar-refractivity contribution is 0.0935. The van der Waals surface area contributed by atoms with Crippen LogP contribution in [0.1, 0.15) is 31.1 Å². The molecule has 0 aliphatic rings. The topological polar surface area (TPSA) is 67.4 Å². The van der Waals surface area contributed by atoms with E-state index in [1.165, 1.54) is 0 Å². The van der Waals surface area contributed by atoms with Gasteiger partial charge in [0.25, 0.3) is 5.91 Å². The lowest BCUT2D eigenvalue weighted by Gasteiger charge is -2.26. The number of aromatic nitrogens is 2. The first-order valence-electron chi connectivity index (χ1n) is 8.20. The second-order valence-electron chi connectivity index (χ2n) is 5.43. The van der Waals surface area contributed by atoms with Gasteiger partial charge in [0.1, 0.15) is 11.3 Å². The molecule has 0 radical (unpaired) electrons. The molecule has 2 aromatic rings. The van der Waals surface area contributed by atoms with E-state index < -0.39 is 0 Å². The largest absolute Gasteiger partial charge is 0.437 e. The Morgan fingerprint density at radius 1 is 1.25 bits per heavy atom. The molecular weight excluding hydrogens is 304 g/mol. The number of ether oxygens (including phenoxy) is 1. The van der Waals surface area contributed by atoms with Crippen molar-refractivity contribution in [3.05, 3.63) is 48.4 Å². The van der Waals surface area contributed by atoms with Crippen LogP contribution in [0.3, 0.4) is 0 Å². The first-order chi connectivity index (χ1) is 11.7. The van der Waals surface area contributed by atoms with E-state index in [9.17, 15) is 4.79 Å². The van der Waals surface area contributed by atoms with Crippen LogP contribution in [0.5, 0.6) is 11.6 Å². The molecule has 2 heterocycles. The van der Waals surface area contributed by atoms with Gasteiger partial charge in [0, 0.05) is 25.0 Å². The molecule has 0 aliphatic heterocycles. The summed E-state index contributed by atoms with van der Waals surface area (Å²) in [6, 6.07) is 7.23. The summed E-state index contributed by atoms with van der Waals surface area (Å²) in [6.07, 6.45) is 4.84. The normalized spacial score (nSPS) is 12.0. The maximum atomic E-state index is 12.5. The Morgan fingerprint density at radius 3 is 2.67 bits per heavy atom. The Balaban J connectivity index is 2.04. The lowest BCUT2D eigenvalue weighted by Crippen LogP contribution is -2.42. The first kappa shape index (κ1) is 17.9. The summed E-state index contributed by atoms with van der Waals surface area (Å²) in [5.74, 6) is 0.626. The molecule has 2 aromatic heterocycles. The molecule has 0 saturated carbocycles. The minimum absolute atomic E-state index is 0.194. The van der Waals surface area contributed by atoms with Crippen molar-refractivity contribution in [3.63, 3.8) is 0 Å². The number of amides is 1. The number of rotatable bonds is 8. The highest BCUT2D eigenvalue weighted by molar-refractivity contribution is 5.96. The Kier molecular flexibility index (Phi) is 6.69. The molecule has 1 N–H and O–H groups in total. The van der Waals surface area contributed by atoms with Crippen molar-refractivity contribution in [2.24, 2.45) is 0 Å². The molecule has 0 bridgehead atoms. The molecule has 24 heavy (non-hydrogen) atoms. The molecule has 6 heteroatoms. The number of nitrogens with one attached hydrogen (secondary N) is 1. The van der Waals surface area contributed by atoms with Crippen LogP contribution >= 0.6 is 0 Å². The summed E-state index contributed by atoms with van der Waals surface area (Å²) < 4.78 is 5.68. The minimum atomic E-state index is -0.194. The van der Waals surface area contributed by atoms with Gasteiger partial charge in [-0.3, -0.25) is 14.7 Å². The molecule has 6 nitrogen and oxygen atoms in total. The van der Waals surface area contributed by atoms with Gasteiger partial charge in [-0.1, -0.05) is 13.8 Å². The van der Waals surface area contributed by atoms with Gasteiger partial charge in [0.15, 0.2) is 0 Å². The highest BCUT2D eigenvalue weighted by Crippen LogP contribution is 2.21. The van der Waals surface area contributed by atoms with Crippen LogP contribution in [-0.4, -0.2) is 46.5 Å². The zero-order valence-electron chi connectivity index (χ0n) is 14.4. The summed E-state index contributed by atoms with van der Waals surface area (Å²) in [6.45, 7) is 8.81. The van der Waals surface area contributed by atoms with E-state index >= 15 is 0 Å². The van der Waals surface area contributed by atoms with Crippen molar-refractivity contribution >= 4 is 5.91 Å². The third kappa shape index (κ3) is 4.76. The summed E-state index contributed by atoms with van der Waals surface area (Å²) in [4.78, 5) is 22.9. The van der Waals surface area contributed by atoms with E-state index in [1.807, 2.05) is 0 Å². The van der Waals surface area contributed by atoms with Gasteiger partial charge in [0.2, 0.25) is 5.88 Å². The van der Waals surface area contributed by atoms with E-state index in [4.69, 9.17) is 4.74 Å². The molecule has 0 spiro atoms. The highest BCUT2D eigenvalue weighted by Gasteiger charge is 2.16. The number of nitrogens with zero attached hydrogens (tertiary/aromatic N) is 3. The van der Waals surface area contributed by atoms with Crippen molar-refractivity contribution in [1.82, 2.24) is 20.2 Å². The Morgan fingerprint density at radius 2 is 2.00 bits per heavy atom. The Labute approximate surface area is 142 Å².